The van der Waals surface area contributed by atoms with Crippen molar-refractivity contribution in [3.05, 3.63) is 28.8 Å². The number of Topliss-reactive ketones (excluding diaryl/α,β-unsaturated/α-hetero) is 1. The predicted octanol–water partition coefficient (Wildman–Crippen LogP) is 2.70. The highest BCUT2D eigenvalue weighted by atomic mass is 16.4. The van der Waals surface area contributed by atoms with E-state index in [1.54, 1.807) is 19.9 Å². The standard InChI is InChI=1S/C15H19NO4/c1-4-5-6-12(17)14(18)16-13-10(3)7-9(2)8-11(13)15(19)20/h7-8H,4-6H2,1-3H3,(H,16,18)(H,19,20). The van der Waals surface area contributed by atoms with Crippen LogP contribution in [-0.2, 0) is 9.59 Å². The van der Waals surface area contributed by atoms with E-state index in [0.29, 0.717) is 12.0 Å². The summed E-state index contributed by atoms with van der Waals surface area (Å²) >= 11 is 0. The molecule has 0 heterocycles. The third-order valence-electron chi connectivity index (χ3n) is 2.96. The molecule has 0 saturated carbocycles. The van der Waals surface area contributed by atoms with Crippen LogP contribution in [0.5, 0.6) is 0 Å². The first-order chi connectivity index (χ1) is 9.36. The fourth-order valence-electron chi connectivity index (χ4n) is 1.94. The van der Waals surface area contributed by atoms with Gasteiger partial charge in [-0.15, -0.1) is 0 Å². The summed E-state index contributed by atoms with van der Waals surface area (Å²) in [5, 5.41) is 11.6. The molecule has 0 aromatic heterocycles. The molecule has 1 rings (SSSR count). The summed E-state index contributed by atoms with van der Waals surface area (Å²) in [6.07, 6.45) is 1.64. The first-order valence-electron chi connectivity index (χ1n) is 6.55. The van der Waals surface area contributed by atoms with Crippen LogP contribution in [0.4, 0.5) is 5.69 Å². The highest BCUT2D eigenvalue weighted by Gasteiger charge is 2.19. The number of aromatic carboxylic acids is 1. The quantitative estimate of drug-likeness (QED) is 0.783. The highest BCUT2D eigenvalue weighted by Crippen LogP contribution is 2.23. The van der Waals surface area contributed by atoms with Crippen molar-refractivity contribution in [1.29, 1.82) is 0 Å². The number of hydrogen-bond acceptors (Lipinski definition) is 3. The Morgan fingerprint density at radius 1 is 1.20 bits per heavy atom. The summed E-state index contributed by atoms with van der Waals surface area (Å²) in [7, 11) is 0. The highest BCUT2D eigenvalue weighted by molar-refractivity contribution is 6.40. The number of carbonyl (C=O) groups excluding carboxylic acids is 2. The third-order valence-corrected chi connectivity index (χ3v) is 2.96. The fourth-order valence-corrected chi connectivity index (χ4v) is 1.94. The largest absolute Gasteiger partial charge is 0.478 e. The van der Waals surface area contributed by atoms with Crippen molar-refractivity contribution < 1.29 is 19.5 Å². The topological polar surface area (TPSA) is 83.5 Å². The van der Waals surface area contributed by atoms with Crippen molar-refractivity contribution in [3.8, 4) is 0 Å². The molecule has 1 aromatic rings. The molecular weight excluding hydrogens is 258 g/mol. The Kier molecular flexibility index (Phi) is 5.43. The van der Waals surface area contributed by atoms with Gasteiger partial charge in [-0.05, 0) is 37.5 Å². The van der Waals surface area contributed by atoms with Crippen molar-refractivity contribution >= 4 is 23.3 Å². The van der Waals surface area contributed by atoms with Crippen LogP contribution >= 0.6 is 0 Å². The number of aryl methyl sites for hydroxylation is 2. The molecule has 0 spiro atoms. The normalized spacial score (nSPS) is 10.2. The lowest BCUT2D eigenvalue weighted by Crippen LogP contribution is -2.24. The lowest BCUT2D eigenvalue weighted by atomic mass is 10.0. The number of benzene rings is 1. The van der Waals surface area contributed by atoms with Gasteiger partial charge in [-0.1, -0.05) is 19.4 Å². The zero-order valence-corrected chi connectivity index (χ0v) is 11.9. The summed E-state index contributed by atoms with van der Waals surface area (Å²) in [6, 6.07) is 3.24. The Morgan fingerprint density at radius 3 is 2.40 bits per heavy atom. The minimum Gasteiger partial charge on any atom is -0.478 e. The number of rotatable bonds is 6. The van der Waals surface area contributed by atoms with Crippen LogP contribution in [-0.4, -0.2) is 22.8 Å². The van der Waals surface area contributed by atoms with E-state index in [1.807, 2.05) is 6.92 Å². The molecule has 5 heteroatoms. The molecular formula is C15H19NO4. The monoisotopic (exact) mass is 277 g/mol. The maximum atomic E-state index is 11.8. The van der Waals surface area contributed by atoms with Gasteiger partial charge in [-0.2, -0.15) is 0 Å². The molecule has 0 atom stereocenters. The first-order valence-corrected chi connectivity index (χ1v) is 6.55. The van der Waals surface area contributed by atoms with E-state index in [9.17, 15) is 19.5 Å². The molecule has 0 aliphatic heterocycles. The van der Waals surface area contributed by atoms with Gasteiger partial charge >= 0.3 is 5.97 Å². The van der Waals surface area contributed by atoms with Gasteiger partial charge < -0.3 is 10.4 Å². The zero-order chi connectivity index (χ0) is 15.3. The van der Waals surface area contributed by atoms with E-state index in [-0.39, 0.29) is 17.7 Å². The molecule has 1 amide bonds. The second-order valence-electron chi connectivity index (χ2n) is 4.79. The van der Waals surface area contributed by atoms with Crippen molar-refractivity contribution in [3.63, 3.8) is 0 Å². The van der Waals surface area contributed by atoms with E-state index in [4.69, 9.17) is 0 Å². The molecule has 0 radical (unpaired) electrons. The van der Waals surface area contributed by atoms with Gasteiger partial charge in [0.1, 0.15) is 0 Å². The lowest BCUT2D eigenvalue weighted by molar-refractivity contribution is -0.134. The van der Waals surface area contributed by atoms with E-state index < -0.39 is 17.7 Å². The van der Waals surface area contributed by atoms with Gasteiger partial charge in [0.05, 0.1) is 11.3 Å². The minimum atomic E-state index is -1.13. The molecule has 0 fully saturated rings. The molecule has 2 N–H and O–H groups in total. The van der Waals surface area contributed by atoms with E-state index >= 15 is 0 Å². The zero-order valence-electron chi connectivity index (χ0n) is 11.9. The Morgan fingerprint density at radius 2 is 1.85 bits per heavy atom. The van der Waals surface area contributed by atoms with Gasteiger partial charge in [0.25, 0.3) is 5.91 Å². The van der Waals surface area contributed by atoms with Crippen LogP contribution in [0.15, 0.2) is 12.1 Å². The Bertz CT molecular complexity index is 549. The van der Waals surface area contributed by atoms with Crippen molar-refractivity contribution in [2.45, 2.75) is 40.0 Å². The third kappa shape index (κ3) is 3.91. The number of hydrogen-bond donors (Lipinski definition) is 2. The molecule has 0 saturated heterocycles. The number of carbonyl (C=O) groups is 3. The number of nitrogens with one attached hydrogen (secondary N) is 1. The van der Waals surface area contributed by atoms with E-state index in [2.05, 4.69) is 5.32 Å². The van der Waals surface area contributed by atoms with Gasteiger partial charge in [0.2, 0.25) is 5.78 Å². The second kappa shape index (κ2) is 6.84. The van der Waals surface area contributed by atoms with Gasteiger partial charge in [-0.25, -0.2) is 4.79 Å². The minimum absolute atomic E-state index is 0.000795. The Hall–Kier alpha value is -2.17. The SMILES string of the molecule is CCCCC(=O)C(=O)Nc1c(C)cc(C)cc1C(=O)O. The Labute approximate surface area is 118 Å². The van der Waals surface area contributed by atoms with Gasteiger partial charge in [0.15, 0.2) is 0 Å². The maximum Gasteiger partial charge on any atom is 0.337 e. The van der Waals surface area contributed by atoms with Crippen LogP contribution in [0.3, 0.4) is 0 Å². The van der Waals surface area contributed by atoms with E-state index in [1.165, 1.54) is 6.07 Å². The molecule has 0 bridgehead atoms. The Balaban J connectivity index is 3.00. The summed E-state index contributed by atoms with van der Waals surface area (Å²) in [4.78, 5) is 34.6. The molecule has 0 aliphatic carbocycles. The molecule has 0 unspecified atom stereocenters. The number of carboxylic acid groups (broad SMARTS) is 1. The van der Waals surface area contributed by atoms with E-state index in [0.717, 1.165) is 12.0 Å². The average molecular weight is 277 g/mol. The molecule has 0 aliphatic rings. The van der Waals surface area contributed by atoms with Crippen LogP contribution in [0, 0.1) is 13.8 Å². The summed E-state index contributed by atoms with van der Waals surface area (Å²) in [6.45, 7) is 5.40. The summed E-state index contributed by atoms with van der Waals surface area (Å²) in [5.41, 5.74) is 1.60. The first kappa shape index (κ1) is 15.9. The second-order valence-corrected chi connectivity index (χ2v) is 4.79. The maximum absolute atomic E-state index is 11.8. The van der Waals surface area contributed by atoms with Crippen LogP contribution < -0.4 is 5.32 Å². The lowest BCUT2D eigenvalue weighted by Gasteiger charge is -2.12. The smallest absolute Gasteiger partial charge is 0.337 e. The number of carboxylic acids is 1. The number of ketones is 1. The molecule has 20 heavy (non-hydrogen) atoms. The van der Waals surface area contributed by atoms with Crippen LogP contribution in [0.25, 0.3) is 0 Å². The average Bonchev–Trinajstić information content (AvgIpc) is 2.38. The predicted molar refractivity (Wildman–Crippen MR) is 76.0 cm³/mol. The number of anilines is 1. The van der Waals surface area contributed by atoms with Crippen LogP contribution in [0.1, 0.15) is 47.7 Å². The molecule has 5 nitrogen and oxygen atoms in total. The van der Waals surface area contributed by atoms with Crippen LogP contribution in [0.2, 0.25) is 0 Å². The number of amides is 1. The van der Waals surface area contributed by atoms with Crippen molar-refractivity contribution in [1.82, 2.24) is 0 Å². The van der Waals surface area contributed by atoms with Crippen molar-refractivity contribution in [2.75, 3.05) is 5.32 Å². The molecule has 1 aromatic carbocycles. The summed E-state index contributed by atoms with van der Waals surface area (Å²) in [5.74, 6) is -2.41. The van der Waals surface area contributed by atoms with Gasteiger partial charge in [-0.3, -0.25) is 9.59 Å². The summed E-state index contributed by atoms with van der Waals surface area (Å²) < 4.78 is 0. The number of unbranched alkanes of at least 4 members (excludes halogenated alkanes) is 1. The van der Waals surface area contributed by atoms with Crippen molar-refractivity contribution in [2.24, 2.45) is 0 Å². The van der Waals surface area contributed by atoms with Gasteiger partial charge in [0, 0.05) is 6.42 Å². The fraction of sp³-hybridized carbons (Fsp3) is 0.400. The molecule has 108 valence electrons.